The predicted octanol–water partition coefficient (Wildman–Crippen LogP) is 7.15. The maximum atomic E-state index is 14.7. The van der Waals surface area contributed by atoms with Crippen LogP contribution in [0.15, 0.2) is 61.2 Å². The Morgan fingerprint density at radius 2 is 1.82 bits per heavy atom. The fourth-order valence-electron chi connectivity index (χ4n) is 5.95. The van der Waals surface area contributed by atoms with Gasteiger partial charge in [0.25, 0.3) is 0 Å². The van der Waals surface area contributed by atoms with Crippen LogP contribution in [0, 0.1) is 11.7 Å². The van der Waals surface area contributed by atoms with E-state index in [1.165, 1.54) is 24.4 Å². The number of ketones is 1. The summed E-state index contributed by atoms with van der Waals surface area (Å²) in [5, 5.41) is 13.6. The number of methoxy groups -OCH3 is 1. The highest BCUT2D eigenvalue weighted by atomic mass is 35.5. The van der Waals surface area contributed by atoms with E-state index in [0.29, 0.717) is 45.3 Å². The van der Waals surface area contributed by atoms with Crippen molar-refractivity contribution in [3.63, 3.8) is 0 Å². The van der Waals surface area contributed by atoms with Gasteiger partial charge in [0.05, 0.1) is 19.4 Å². The number of aliphatic carboxylic acids is 1. The molecule has 1 aliphatic rings. The smallest absolute Gasteiger partial charge is 0.497 e. The number of alkyl halides is 3. The van der Waals surface area contributed by atoms with E-state index in [0.717, 1.165) is 12.1 Å². The number of likely N-dealkylation sites (N-methyl/N-ethyl adjacent to an activating group) is 1. The Hall–Kier alpha value is -4.85. The lowest BCUT2D eigenvalue weighted by Gasteiger charge is -2.33. The summed E-state index contributed by atoms with van der Waals surface area (Å²) in [5.74, 6) is -3.07. The van der Waals surface area contributed by atoms with Crippen LogP contribution in [0.25, 0.3) is 5.69 Å². The van der Waals surface area contributed by atoms with Crippen LogP contribution >= 0.6 is 11.6 Å². The summed E-state index contributed by atoms with van der Waals surface area (Å²) in [6.45, 7) is 0.0481. The maximum Gasteiger partial charge on any atom is 0.573 e. The number of Topliss-reactive ketones (excluding diaryl/α,β-unsaturated/α-hetero) is 1. The van der Waals surface area contributed by atoms with Gasteiger partial charge in [0, 0.05) is 47.8 Å². The Balaban J connectivity index is 1.52. The van der Waals surface area contributed by atoms with E-state index in [-0.39, 0.29) is 50.2 Å². The summed E-state index contributed by atoms with van der Waals surface area (Å²) in [5.41, 5.74) is 2.62. The van der Waals surface area contributed by atoms with Crippen molar-refractivity contribution in [3.8, 4) is 22.9 Å². The molecule has 0 saturated carbocycles. The van der Waals surface area contributed by atoms with Gasteiger partial charge in [0.2, 0.25) is 0 Å². The molecule has 260 valence electrons. The molecule has 0 fully saturated rings. The second kappa shape index (κ2) is 15.1. The molecule has 1 aliphatic carbocycles. The standard InChI is InChI=1S/C34H33ClF4N4O6/c1-42(24-15-25(17-26(16-24)47-2)43-19-40-18-41-43)32(27-10-9-23(35)14-29(27)48-11-3-4-31(44)45)33(46)20-5-7-21-12-28(36)30(49-34(37,38)39)13-22(21)8-6-20/h9-10,12-20,32H,3-8,11H2,1-2H3,(H,44,45). The summed E-state index contributed by atoms with van der Waals surface area (Å²) in [4.78, 5) is 31.6. The van der Waals surface area contributed by atoms with Crippen molar-refractivity contribution >= 4 is 29.0 Å². The van der Waals surface area contributed by atoms with Crippen LogP contribution < -0.4 is 19.1 Å². The Bertz CT molecular complexity index is 1800. The molecule has 1 aromatic heterocycles. The Kier molecular flexibility index (Phi) is 11.0. The van der Waals surface area contributed by atoms with Gasteiger partial charge in [-0.3, -0.25) is 9.59 Å². The third-order valence-corrected chi connectivity index (χ3v) is 8.56. The molecule has 0 radical (unpaired) electrons. The number of ether oxygens (including phenoxy) is 3. The number of nitrogens with zero attached hydrogens (tertiary/aromatic N) is 4. The quantitative estimate of drug-likeness (QED) is 0.0880. The van der Waals surface area contributed by atoms with Gasteiger partial charge in [-0.15, -0.1) is 13.2 Å². The van der Waals surface area contributed by atoms with E-state index in [2.05, 4.69) is 14.8 Å². The minimum absolute atomic E-state index is 0.0481. The zero-order valence-electron chi connectivity index (χ0n) is 26.5. The molecule has 2 atom stereocenters. The molecule has 49 heavy (non-hydrogen) atoms. The average molecular weight is 705 g/mol. The van der Waals surface area contributed by atoms with Gasteiger partial charge in [-0.25, -0.2) is 14.1 Å². The van der Waals surface area contributed by atoms with Crippen LogP contribution in [0.4, 0.5) is 23.2 Å². The lowest BCUT2D eigenvalue weighted by Crippen LogP contribution is -2.35. The third kappa shape index (κ3) is 8.79. The van der Waals surface area contributed by atoms with E-state index >= 15 is 0 Å². The van der Waals surface area contributed by atoms with E-state index in [4.69, 9.17) is 26.2 Å². The van der Waals surface area contributed by atoms with Crippen LogP contribution in [0.5, 0.6) is 17.2 Å². The summed E-state index contributed by atoms with van der Waals surface area (Å²) in [6, 6.07) is 11.3. The molecule has 1 N–H and O–H groups in total. The molecular weight excluding hydrogens is 672 g/mol. The van der Waals surface area contributed by atoms with Crippen molar-refractivity contribution in [1.29, 1.82) is 0 Å². The van der Waals surface area contributed by atoms with E-state index in [9.17, 15) is 27.2 Å². The number of hydrogen-bond donors (Lipinski definition) is 1. The molecule has 2 unspecified atom stereocenters. The van der Waals surface area contributed by atoms with Crippen molar-refractivity contribution < 1.29 is 46.5 Å². The van der Waals surface area contributed by atoms with E-state index in [1.807, 2.05) is 0 Å². The van der Waals surface area contributed by atoms with Crippen LogP contribution in [-0.2, 0) is 22.4 Å². The number of benzene rings is 3. The largest absolute Gasteiger partial charge is 0.573 e. The Morgan fingerprint density at radius 1 is 1.08 bits per heavy atom. The number of rotatable bonds is 13. The van der Waals surface area contributed by atoms with Gasteiger partial charge in [-0.05, 0) is 73.6 Å². The Morgan fingerprint density at radius 3 is 2.47 bits per heavy atom. The van der Waals surface area contributed by atoms with Crippen molar-refractivity contribution in [2.75, 3.05) is 25.7 Å². The summed E-state index contributed by atoms with van der Waals surface area (Å²) in [7, 11) is 3.24. The molecule has 15 heteroatoms. The van der Waals surface area contributed by atoms with Crippen molar-refractivity contribution in [2.24, 2.45) is 5.92 Å². The first kappa shape index (κ1) is 35.5. The molecule has 1 heterocycles. The highest BCUT2D eigenvalue weighted by molar-refractivity contribution is 6.30. The van der Waals surface area contributed by atoms with Crippen LogP contribution in [0.3, 0.4) is 0 Å². The molecule has 5 rings (SSSR count). The minimum atomic E-state index is -5.06. The third-order valence-electron chi connectivity index (χ3n) is 8.33. The SMILES string of the molecule is COc1cc(N(C)C(C(=O)C2CCc3cc(F)c(OC(F)(F)F)cc3CC2)c2ccc(Cl)cc2OCCCC(=O)O)cc(-n2cncn2)c1. The van der Waals surface area contributed by atoms with Gasteiger partial charge in [0.15, 0.2) is 17.3 Å². The normalized spacial score (nSPS) is 15.1. The van der Waals surface area contributed by atoms with Crippen molar-refractivity contribution in [3.05, 3.63) is 88.7 Å². The number of carbonyl (C=O) groups excluding carboxylic acids is 1. The number of hydrogen-bond acceptors (Lipinski definition) is 8. The minimum Gasteiger partial charge on any atom is -0.497 e. The number of fused-ring (bicyclic) bond motifs is 1. The molecule has 0 saturated heterocycles. The first-order valence-electron chi connectivity index (χ1n) is 15.3. The lowest BCUT2D eigenvalue weighted by atomic mass is 9.86. The van der Waals surface area contributed by atoms with Gasteiger partial charge < -0.3 is 24.2 Å². The number of carbonyl (C=O) groups is 2. The lowest BCUT2D eigenvalue weighted by molar-refractivity contribution is -0.275. The first-order valence-corrected chi connectivity index (χ1v) is 15.7. The number of halogens is 5. The molecule has 0 spiro atoms. The molecule has 4 aromatic rings. The fraction of sp³-hybridized carbons (Fsp3) is 0.353. The summed E-state index contributed by atoms with van der Waals surface area (Å²) in [6.07, 6.45) is -1.03. The molecular formula is C34H33ClF4N4O6. The van der Waals surface area contributed by atoms with Crippen molar-refractivity contribution in [2.45, 2.75) is 50.9 Å². The second-order valence-corrected chi connectivity index (χ2v) is 12.0. The van der Waals surface area contributed by atoms with Crippen LogP contribution in [0.1, 0.15) is 48.4 Å². The first-order chi connectivity index (χ1) is 23.3. The Labute approximate surface area is 284 Å². The molecule has 10 nitrogen and oxygen atoms in total. The molecule has 0 amide bonds. The molecule has 0 aliphatic heterocycles. The number of carboxylic acids is 1. The predicted molar refractivity (Wildman–Crippen MR) is 171 cm³/mol. The summed E-state index contributed by atoms with van der Waals surface area (Å²) >= 11 is 6.35. The number of anilines is 1. The fourth-order valence-corrected chi connectivity index (χ4v) is 6.11. The zero-order valence-corrected chi connectivity index (χ0v) is 27.3. The van der Waals surface area contributed by atoms with Gasteiger partial charge in [0.1, 0.15) is 30.2 Å². The molecule has 3 aromatic carbocycles. The highest BCUT2D eigenvalue weighted by Gasteiger charge is 2.36. The number of aryl methyl sites for hydroxylation is 2. The second-order valence-electron chi connectivity index (χ2n) is 11.5. The van der Waals surface area contributed by atoms with Gasteiger partial charge in [-0.2, -0.15) is 5.10 Å². The number of aromatic nitrogens is 3. The topological polar surface area (TPSA) is 116 Å². The number of carboxylic acid groups (broad SMARTS) is 1. The monoisotopic (exact) mass is 704 g/mol. The van der Waals surface area contributed by atoms with E-state index < -0.39 is 35.9 Å². The van der Waals surface area contributed by atoms with Crippen LogP contribution in [-0.4, -0.2) is 58.8 Å². The van der Waals surface area contributed by atoms with Crippen molar-refractivity contribution in [1.82, 2.24) is 14.8 Å². The van der Waals surface area contributed by atoms with Gasteiger partial charge >= 0.3 is 12.3 Å². The highest BCUT2D eigenvalue weighted by Crippen LogP contribution is 2.40. The van der Waals surface area contributed by atoms with E-state index in [1.54, 1.807) is 48.3 Å². The molecule has 0 bridgehead atoms. The van der Waals surface area contributed by atoms with Crippen LogP contribution in [0.2, 0.25) is 5.02 Å². The zero-order chi connectivity index (χ0) is 35.3. The summed E-state index contributed by atoms with van der Waals surface area (Å²) < 4.78 is 70.4. The maximum absolute atomic E-state index is 14.7. The average Bonchev–Trinajstić information content (AvgIpc) is 3.52. The van der Waals surface area contributed by atoms with Gasteiger partial charge in [-0.1, -0.05) is 17.7 Å².